The molecule has 2 aromatic heterocycles. The fraction of sp³-hybridized carbons (Fsp3) is 0.294. The van der Waals surface area contributed by atoms with Gasteiger partial charge in [0.25, 0.3) is 5.56 Å². The van der Waals surface area contributed by atoms with E-state index in [1.54, 1.807) is 11.3 Å². The van der Waals surface area contributed by atoms with Crippen molar-refractivity contribution in [1.29, 1.82) is 0 Å². The molecule has 0 spiro atoms. The van der Waals surface area contributed by atoms with E-state index in [0.717, 1.165) is 40.0 Å². The standard InChI is InChI=1S/C17H16N2OS/c20-16-14-13(11-6-2-1-3-7-11)10-21-17(14)19-15(18-16)12-8-4-5-9-12/h1-3,6-7,10,12H,4-5,8-9H2,(H,18,19,20). The highest BCUT2D eigenvalue weighted by molar-refractivity contribution is 7.17. The Morgan fingerprint density at radius 3 is 2.67 bits per heavy atom. The van der Waals surface area contributed by atoms with Crippen molar-refractivity contribution in [3.05, 3.63) is 51.9 Å². The highest BCUT2D eigenvalue weighted by Crippen LogP contribution is 2.34. The van der Waals surface area contributed by atoms with Gasteiger partial charge in [-0.15, -0.1) is 11.3 Å². The average molecular weight is 296 g/mol. The number of hydrogen-bond donors (Lipinski definition) is 1. The van der Waals surface area contributed by atoms with E-state index in [0.29, 0.717) is 5.92 Å². The summed E-state index contributed by atoms with van der Waals surface area (Å²) < 4.78 is 0. The van der Waals surface area contributed by atoms with Gasteiger partial charge in [0.1, 0.15) is 10.7 Å². The highest BCUT2D eigenvalue weighted by Gasteiger charge is 2.21. The molecular weight excluding hydrogens is 280 g/mol. The summed E-state index contributed by atoms with van der Waals surface area (Å²) in [4.78, 5) is 21.1. The van der Waals surface area contributed by atoms with Gasteiger partial charge in [-0.25, -0.2) is 4.98 Å². The second-order valence-electron chi connectivity index (χ2n) is 5.63. The van der Waals surface area contributed by atoms with Crippen molar-refractivity contribution in [1.82, 2.24) is 9.97 Å². The van der Waals surface area contributed by atoms with Crippen LogP contribution in [0.5, 0.6) is 0 Å². The largest absolute Gasteiger partial charge is 0.310 e. The Morgan fingerprint density at radius 1 is 1.14 bits per heavy atom. The molecule has 3 aromatic rings. The van der Waals surface area contributed by atoms with Gasteiger partial charge < -0.3 is 4.98 Å². The van der Waals surface area contributed by atoms with E-state index >= 15 is 0 Å². The van der Waals surface area contributed by atoms with E-state index < -0.39 is 0 Å². The smallest absolute Gasteiger partial charge is 0.260 e. The maximum absolute atomic E-state index is 12.5. The summed E-state index contributed by atoms with van der Waals surface area (Å²) in [7, 11) is 0. The number of hydrogen-bond acceptors (Lipinski definition) is 3. The topological polar surface area (TPSA) is 45.8 Å². The third kappa shape index (κ3) is 2.20. The first-order valence-corrected chi connectivity index (χ1v) is 8.28. The minimum Gasteiger partial charge on any atom is -0.310 e. The number of aromatic nitrogens is 2. The van der Waals surface area contributed by atoms with Gasteiger partial charge in [0, 0.05) is 16.9 Å². The first kappa shape index (κ1) is 12.8. The zero-order chi connectivity index (χ0) is 14.2. The van der Waals surface area contributed by atoms with Crippen molar-refractivity contribution in [2.75, 3.05) is 0 Å². The summed E-state index contributed by atoms with van der Waals surface area (Å²) >= 11 is 1.56. The minimum atomic E-state index is 0.00185. The lowest BCUT2D eigenvalue weighted by Crippen LogP contribution is -2.13. The van der Waals surface area contributed by atoms with E-state index in [9.17, 15) is 4.79 Å². The number of nitrogens with one attached hydrogen (secondary N) is 1. The lowest BCUT2D eigenvalue weighted by molar-refractivity contribution is 0.670. The molecule has 4 heteroatoms. The van der Waals surface area contributed by atoms with Crippen LogP contribution in [0.1, 0.15) is 37.4 Å². The van der Waals surface area contributed by atoms with Crippen LogP contribution < -0.4 is 5.56 Å². The van der Waals surface area contributed by atoms with E-state index in [1.807, 2.05) is 35.7 Å². The molecule has 3 nitrogen and oxygen atoms in total. The van der Waals surface area contributed by atoms with Crippen LogP contribution in [0.15, 0.2) is 40.5 Å². The Labute approximate surface area is 126 Å². The summed E-state index contributed by atoms with van der Waals surface area (Å²) in [6.45, 7) is 0. The normalized spacial score (nSPS) is 15.8. The summed E-state index contributed by atoms with van der Waals surface area (Å²) in [5.41, 5.74) is 2.06. The summed E-state index contributed by atoms with van der Waals surface area (Å²) in [6.07, 6.45) is 4.77. The average Bonchev–Trinajstić information content (AvgIpc) is 3.17. The lowest BCUT2D eigenvalue weighted by Gasteiger charge is -2.07. The molecule has 1 aliphatic rings. The molecule has 1 N–H and O–H groups in total. The van der Waals surface area contributed by atoms with Crippen LogP contribution in [-0.4, -0.2) is 9.97 Å². The van der Waals surface area contributed by atoms with Gasteiger partial charge in [-0.1, -0.05) is 43.2 Å². The van der Waals surface area contributed by atoms with E-state index in [1.165, 1.54) is 12.8 Å². The Hall–Kier alpha value is -1.94. The molecule has 1 saturated carbocycles. The molecule has 106 valence electrons. The van der Waals surface area contributed by atoms with E-state index in [4.69, 9.17) is 4.98 Å². The first-order chi connectivity index (χ1) is 10.3. The zero-order valence-electron chi connectivity index (χ0n) is 11.6. The molecule has 1 fully saturated rings. The maximum atomic E-state index is 12.5. The summed E-state index contributed by atoms with van der Waals surface area (Å²) in [5.74, 6) is 1.32. The Bertz CT molecular complexity index is 829. The predicted octanol–water partition coefficient (Wildman–Crippen LogP) is 4.31. The number of rotatable bonds is 2. The van der Waals surface area contributed by atoms with Crippen LogP contribution in [0.2, 0.25) is 0 Å². The molecule has 21 heavy (non-hydrogen) atoms. The molecule has 0 radical (unpaired) electrons. The van der Waals surface area contributed by atoms with Crippen molar-refractivity contribution in [2.45, 2.75) is 31.6 Å². The molecule has 0 atom stereocenters. The fourth-order valence-corrected chi connectivity index (χ4v) is 4.14. The van der Waals surface area contributed by atoms with Crippen molar-refractivity contribution >= 4 is 21.6 Å². The quantitative estimate of drug-likeness (QED) is 0.766. The van der Waals surface area contributed by atoms with Crippen molar-refractivity contribution < 1.29 is 0 Å². The Morgan fingerprint density at radius 2 is 1.90 bits per heavy atom. The van der Waals surface area contributed by atoms with Gasteiger partial charge in [0.05, 0.1) is 5.39 Å². The van der Waals surface area contributed by atoms with E-state index in [-0.39, 0.29) is 5.56 Å². The third-order valence-electron chi connectivity index (χ3n) is 4.29. The SMILES string of the molecule is O=c1[nH]c(C2CCCC2)nc2scc(-c3ccccc3)c12. The number of aromatic amines is 1. The van der Waals surface area contributed by atoms with Gasteiger partial charge >= 0.3 is 0 Å². The van der Waals surface area contributed by atoms with Crippen LogP contribution in [0.4, 0.5) is 0 Å². The lowest BCUT2D eigenvalue weighted by atomic mass is 10.1. The molecule has 0 bridgehead atoms. The van der Waals surface area contributed by atoms with Crippen molar-refractivity contribution in [3.63, 3.8) is 0 Å². The second kappa shape index (κ2) is 5.11. The molecule has 0 amide bonds. The molecule has 0 saturated heterocycles. The van der Waals surface area contributed by atoms with Gasteiger partial charge in [-0.2, -0.15) is 0 Å². The molecule has 4 rings (SSSR count). The van der Waals surface area contributed by atoms with Crippen LogP contribution >= 0.6 is 11.3 Å². The number of thiophene rings is 1. The Kier molecular flexibility index (Phi) is 3.11. The monoisotopic (exact) mass is 296 g/mol. The van der Waals surface area contributed by atoms with Crippen molar-refractivity contribution in [2.24, 2.45) is 0 Å². The molecule has 0 unspecified atom stereocenters. The molecule has 2 heterocycles. The van der Waals surface area contributed by atoms with Gasteiger partial charge in [-0.3, -0.25) is 4.79 Å². The number of nitrogens with zero attached hydrogens (tertiary/aromatic N) is 1. The van der Waals surface area contributed by atoms with Gasteiger partial charge in [-0.05, 0) is 18.4 Å². The Balaban J connectivity index is 1.88. The van der Waals surface area contributed by atoms with Crippen LogP contribution in [-0.2, 0) is 0 Å². The van der Waals surface area contributed by atoms with Crippen molar-refractivity contribution in [3.8, 4) is 11.1 Å². The van der Waals surface area contributed by atoms with Crippen LogP contribution in [0.25, 0.3) is 21.3 Å². The van der Waals surface area contributed by atoms with Gasteiger partial charge in [0.2, 0.25) is 0 Å². The highest BCUT2D eigenvalue weighted by atomic mass is 32.1. The van der Waals surface area contributed by atoms with Crippen LogP contribution in [0.3, 0.4) is 0 Å². The fourth-order valence-electron chi connectivity index (χ4n) is 3.19. The summed E-state index contributed by atoms with van der Waals surface area (Å²) in [6, 6.07) is 10.0. The maximum Gasteiger partial charge on any atom is 0.260 e. The number of H-pyrrole nitrogens is 1. The molecule has 1 aromatic carbocycles. The molecule has 0 aliphatic heterocycles. The second-order valence-corrected chi connectivity index (χ2v) is 6.49. The number of benzene rings is 1. The van der Waals surface area contributed by atoms with Crippen LogP contribution in [0, 0.1) is 0 Å². The summed E-state index contributed by atoms with van der Waals surface area (Å²) in [5, 5.41) is 2.77. The number of fused-ring (bicyclic) bond motifs is 1. The molecular formula is C17H16N2OS. The van der Waals surface area contributed by atoms with Gasteiger partial charge in [0.15, 0.2) is 0 Å². The zero-order valence-corrected chi connectivity index (χ0v) is 12.5. The minimum absolute atomic E-state index is 0.00185. The first-order valence-electron chi connectivity index (χ1n) is 7.40. The van der Waals surface area contributed by atoms with E-state index in [2.05, 4.69) is 4.98 Å². The predicted molar refractivity (Wildman–Crippen MR) is 86.9 cm³/mol. The third-order valence-corrected chi connectivity index (χ3v) is 5.16. The molecule has 1 aliphatic carbocycles.